The number of hydrogen-bond donors (Lipinski definition) is 0. The standard InChI is InChI=1S/C17H12BrNOS2/c1-11-2-4-12(5-3-11)10-15-16(20)19(17(21)22-15)14-8-6-13(18)7-9-14/h2-10H,1H3/b15-10+. The van der Waals surface area contributed by atoms with E-state index in [9.17, 15) is 4.79 Å². The van der Waals surface area contributed by atoms with Crippen LogP contribution in [-0.2, 0) is 4.79 Å². The number of carbonyl (C=O) groups is 1. The van der Waals surface area contributed by atoms with Gasteiger partial charge in [0.2, 0.25) is 0 Å². The Bertz CT molecular complexity index is 766. The van der Waals surface area contributed by atoms with Gasteiger partial charge >= 0.3 is 0 Å². The Morgan fingerprint density at radius 3 is 2.36 bits per heavy atom. The van der Waals surface area contributed by atoms with Crippen LogP contribution in [0.5, 0.6) is 0 Å². The average molecular weight is 390 g/mol. The van der Waals surface area contributed by atoms with Crippen LogP contribution in [0, 0.1) is 6.92 Å². The van der Waals surface area contributed by atoms with E-state index in [1.165, 1.54) is 17.3 Å². The number of halogens is 1. The Labute approximate surface area is 147 Å². The lowest BCUT2D eigenvalue weighted by Crippen LogP contribution is -2.27. The predicted octanol–water partition coefficient (Wildman–Crippen LogP) is 5.16. The number of benzene rings is 2. The van der Waals surface area contributed by atoms with Crippen molar-refractivity contribution in [3.63, 3.8) is 0 Å². The first kappa shape index (κ1) is 15.5. The molecule has 1 aliphatic heterocycles. The van der Waals surface area contributed by atoms with E-state index in [2.05, 4.69) is 15.9 Å². The second-order valence-corrected chi connectivity index (χ2v) is 7.50. The first-order chi connectivity index (χ1) is 10.5. The zero-order valence-corrected chi connectivity index (χ0v) is 15.0. The quantitative estimate of drug-likeness (QED) is 0.522. The second kappa shape index (κ2) is 6.36. The second-order valence-electron chi connectivity index (χ2n) is 4.90. The molecule has 1 fully saturated rings. The summed E-state index contributed by atoms with van der Waals surface area (Å²) in [4.78, 5) is 14.8. The Morgan fingerprint density at radius 2 is 1.73 bits per heavy atom. The van der Waals surface area contributed by atoms with E-state index in [1.54, 1.807) is 4.90 Å². The molecule has 0 radical (unpaired) electrons. The molecule has 0 saturated carbocycles. The van der Waals surface area contributed by atoms with E-state index in [0.717, 1.165) is 15.7 Å². The molecule has 110 valence electrons. The number of rotatable bonds is 2. The highest BCUT2D eigenvalue weighted by molar-refractivity contribution is 9.10. The smallest absolute Gasteiger partial charge is 0.268 e. The fraction of sp³-hybridized carbons (Fsp3) is 0.0588. The van der Waals surface area contributed by atoms with E-state index in [1.807, 2.05) is 61.5 Å². The zero-order chi connectivity index (χ0) is 15.7. The van der Waals surface area contributed by atoms with E-state index < -0.39 is 0 Å². The van der Waals surface area contributed by atoms with Gasteiger partial charge in [0.1, 0.15) is 0 Å². The monoisotopic (exact) mass is 389 g/mol. The van der Waals surface area contributed by atoms with Gasteiger partial charge in [-0.1, -0.05) is 69.7 Å². The highest BCUT2D eigenvalue weighted by atomic mass is 79.9. The zero-order valence-electron chi connectivity index (χ0n) is 11.7. The summed E-state index contributed by atoms with van der Waals surface area (Å²) in [5.41, 5.74) is 2.99. The summed E-state index contributed by atoms with van der Waals surface area (Å²) >= 11 is 10.1. The third-order valence-electron chi connectivity index (χ3n) is 3.25. The van der Waals surface area contributed by atoms with E-state index in [0.29, 0.717) is 9.23 Å². The van der Waals surface area contributed by atoms with Crippen LogP contribution in [0.25, 0.3) is 6.08 Å². The third kappa shape index (κ3) is 3.16. The van der Waals surface area contributed by atoms with Gasteiger partial charge in [0.15, 0.2) is 4.32 Å². The first-order valence-corrected chi connectivity index (χ1v) is 8.66. The summed E-state index contributed by atoms with van der Waals surface area (Å²) < 4.78 is 1.53. The lowest BCUT2D eigenvalue weighted by molar-refractivity contribution is -0.113. The van der Waals surface area contributed by atoms with Crippen molar-refractivity contribution in [1.29, 1.82) is 0 Å². The van der Waals surface area contributed by atoms with Gasteiger partial charge in [0.25, 0.3) is 5.91 Å². The molecule has 2 aromatic carbocycles. The number of nitrogens with zero attached hydrogens (tertiary/aromatic N) is 1. The summed E-state index contributed by atoms with van der Waals surface area (Å²) in [5.74, 6) is -0.0714. The number of aryl methyl sites for hydroxylation is 1. The van der Waals surface area contributed by atoms with Gasteiger partial charge < -0.3 is 0 Å². The summed E-state index contributed by atoms with van der Waals surface area (Å²) in [6.07, 6.45) is 1.89. The van der Waals surface area contributed by atoms with Crippen molar-refractivity contribution in [1.82, 2.24) is 0 Å². The molecule has 0 unspecified atom stereocenters. The topological polar surface area (TPSA) is 20.3 Å². The number of amides is 1. The molecule has 0 aliphatic carbocycles. The fourth-order valence-electron chi connectivity index (χ4n) is 2.09. The molecule has 1 aliphatic rings. The molecule has 0 N–H and O–H groups in total. The fourth-order valence-corrected chi connectivity index (χ4v) is 3.66. The van der Waals surface area contributed by atoms with Crippen molar-refractivity contribution in [2.24, 2.45) is 0 Å². The lowest BCUT2D eigenvalue weighted by Gasteiger charge is -2.14. The van der Waals surface area contributed by atoms with Crippen LogP contribution < -0.4 is 4.90 Å². The van der Waals surface area contributed by atoms with Crippen LogP contribution in [0.15, 0.2) is 57.9 Å². The minimum absolute atomic E-state index is 0.0714. The number of thioether (sulfide) groups is 1. The van der Waals surface area contributed by atoms with Gasteiger partial charge in [0, 0.05) is 4.47 Å². The maximum Gasteiger partial charge on any atom is 0.270 e. The molecule has 22 heavy (non-hydrogen) atoms. The van der Waals surface area contributed by atoms with E-state index >= 15 is 0 Å². The molecule has 3 rings (SSSR count). The molecule has 1 amide bonds. The van der Waals surface area contributed by atoms with Crippen molar-refractivity contribution in [3.05, 3.63) is 69.0 Å². The molecule has 5 heteroatoms. The van der Waals surface area contributed by atoms with Crippen LogP contribution in [0.1, 0.15) is 11.1 Å². The maximum absolute atomic E-state index is 12.6. The summed E-state index contributed by atoms with van der Waals surface area (Å²) in [6, 6.07) is 15.6. The van der Waals surface area contributed by atoms with Gasteiger partial charge in [0.05, 0.1) is 10.6 Å². The largest absolute Gasteiger partial charge is 0.270 e. The predicted molar refractivity (Wildman–Crippen MR) is 101 cm³/mol. The summed E-state index contributed by atoms with van der Waals surface area (Å²) in [7, 11) is 0. The van der Waals surface area contributed by atoms with Gasteiger partial charge in [-0.3, -0.25) is 9.69 Å². The molecule has 2 nitrogen and oxygen atoms in total. The van der Waals surface area contributed by atoms with E-state index in [4.69, 9.17) is 12.2 Å². The van der Waals surface area contributed by atoms with Crippen LogP contribution >= 0.6 is 39.9 Å². The van der Waals surface area contributed by atoms with Crippen molar-refractivity contribution in [2.45, 2.75) is 6.92 Å². The molecule has 0 spiro atoms. The molecular formula is C17H12BrNOS2. The number of thiocarbonyl (C=S) groups is 1. The Hall–Kier alpha value is -1.43. The molecule has 0 atom stereocenters. The highest BCUT2D eigenvalue weighted by Gasteiger charge is 2.33. The van der Waals surface area contributed by atoms with Crippen molar-refractivity contribution < 1.29 is 4.79 Å². The van der Waals surface area contributed by atoms with Gasteiger partial charge in [-0.25, -0.2) is 0 Å². The Balaban J connectivity index is 1.91. The number of carbonyl (C=O) groups excluding carboxylic acids is 1. The van der Waals surface area contributed by atoms with Crippen molar-refractivity contribution in [3.8, 4) is 0 Å². The highest BCUT2D eigenvalue weighted by Crippen LogP contribution is 2.36. The number of anilines is 1. The number of hydrogen-bond acceptors (Lipinski definition) is 3. The first-order valence-electron chi connectivity index (χ1n) is 6.65. The molecule has 1 heterocycles. The Kier molecular flexibility index (Phi) is 4.47. The van der Waals surface area contributed by atoms with Crippen molar-refractivity contribution in [2.75, 3.05) is 4.90 Å². The Morgan fingerprint density at radius 1 is 1.09 bits per heavy atom. The molecule has 2 aromatic rings. The van der Waals surface area contributed by atoms with Crippen LogP contribution in [0.3, 0.4) is 0 Å². The van der Waals surface area contributed by atoms with Crippen molar-refractivity contribution >= 4 is 61.9 Å². The van der Waals surface area contributed by atoms with Crippen LogP contribution in [-0.4, -0.2) is 10.2 Å². The van der Waals surface area contributed by atoms with Gasteiger partial charge in [-0.05, 0) is 42.8 Å². The minimum Gasteiger partial charge on any atom is -0.268 e. The molecule has 0 aromatic heterocycles. The van der Waals surface area contributed by atoms with Gasteiger partial charge in [-0.15, -0.1) is 0 Å². The maximum atomic E-state index is 12.6. The van der Waals surface area contributed by atoms with Gasteiger partial charge in [-0.2, -0.15) is 0 Å². The SMILES string of the molecule is Cc1ccc(/C=C2/SC(=S)N(c3ccc(Br)cc3)C2=O)cc1. The summed E-state index contributed by atoms with van der Waals surface area (Å²) in [5, 5.41) is 0. The average Bonchev–Trinajstić information content (AvgIpc) is 2.77. The van der Waals surface area contributed by atoms with E-state index in [-0.39, 0.29) is 5.91 Å². The minimum atomic E-state index is -0.0714. The lowest BCUT2D eigenvalue weighted by atomic mass is 10.1. The van der Waals surface area contributed by atoms with Crippen LogP contribution in [0.4, 0.5) is 5.69 Å². The molecule has 0 bridgehead atoms. The normalized spacial score (nSPS) is 16.6. The summed E-state index contributed by atoms with van der Waals surface area (Å²) in [6.45, 7) is 2.04. The molecular weight excluding hydrogens is 378 g/mol. The van der Waals surface area contributed by atoms with Crippen LogP contribution in [0.2, 0.25) is 0 Å². The molecule has 1 saturated heterocycles. The third-order valence-corrected chi connectivity index (χ3v) is 5.08.